The molecule has 31 heavy (non-hydrogen) atoms. The van der Waals surface area contributed by atoms with Gasteiger partial charge in [0.1, 0.15) is 5.82 Å². The third kappa shape index (κ3) is 5.39. The zero-order valence-corrected chi connectivity index (χ0v) is 17.7. The van der Waals surface area contributed by atoms with Crippen LogP contribution in [-0.2, 0) is 11.2 Å². The van der Waals surface area contributed by atoms with E-state index in [9.17, 15) is 4.79 Å². The van der Waals surface area contributed by atoms with Crippen LogP contribution < -0.4 is 16.0 Å². The van der Waals surface area contributed by atoms with Crippen LogP contribution in [0.1, 0.15) is 16.8 Å². The lowest BCUT2D eigenvalue weighted by atomic mass is 10.1. The van der Waals surface area contributed by atoms with Crippen molar-refractivity contribution in [3.63, 3.8) is 0 Å². The lowest BCUT2D eigenvalue weighted by molar-refractivity contribution is -0.120. The number of nitrogens with one attached hydrogen (secondary N) is 4. The molecule has 4 rings (SSSR count). The number of carbonyl (C=O) groups excluding carboxylic acids is 1. The number of aryl methyl sites for hydroxylation is 2. The van der Waals surface area contributed by atoms with E-state index in [4.69, 9.17) is 0 Å². The number of benzene rings is 2. The summed E-state index contributed by atoms with van der Waals surface area (Å²) in [5.74, 6) is 1.24. The highest BCUT2D eigenvalue weighted by molar-refractivity contribution is 5.88. The zero-order chi connectivity index (χ0) is 21.6. The van der Waals surface area contributed by atoms with Gasteiger partial charge in [-0.1, -0.05) is 35.9 Å². The van der Waals surface area contributed by atoms with Gasteiger partial charge in [0.25, 0.3) is 0 Å². The molecule has 7 heteroatoms. The second kappa shape index (κ2) is 9.30. The Bertz CT molecular complexity index is 1180. The van der Waals surface area contributed by atoms with Gasteiger partial charge in [-0.15, -0.1) is 0 Å². The fraction of sp³-hybridized carbons (Fsp3) is 0.208. The summed E-state index contributed by atoms with van der Waals surface area (Å²) in [5.41, 5.74) is 5.07. The Kier molecular flexibility index (Phi) is 6.12. The van der Waals surface area contributed by atoms with Gasteiger partial charge >= 0.3 is 0 Å². The molecule has 0 aliphatic carbocycles. The molecule has 1 amide bonds. The van der Waals surface area contributed by atoms with Gasteiger partial charge in [0.2, 0.25) is 11.9 Å². The maximum Gasteiger partial charge on any atom is 0.224 e. The van der Waals surface area contributed by atoms with Gasteiger partial charge in [-0.25, -0.2) is 4.98 Å². The molecule has 2 aromatic heterocycles. The van der Waals surface area contributed by atoms with Crippen LogP contribution in [0.15, 0.2) is 60.8 Å². The summed E-state index contributed by atoms with van der Waals surface area (Å²) in [6.45, 7) is 5.00. The smallest absolute Gasteiger partial charge is 0.224 e. The highest BCUT2D eigenvalue weighted by atomic mass is 16.1. The number of aromatic nitrogens is 3. The maximum atomic E-state index is 12.3. The highest BCUT2D eigenvalue weighted by Gasteiger charge is 2.08. The van der Waals surface area contributed by atoms with Gasteiger partial charge in [0.05, 0.1) is 6.42 Å². The summed E-state index contributed by atoms with van der Waals surface area (Å²) >= 11 is 0. The number of H-pyrrole nitrogens is 1. The van der Waals surface area contributed by atoms with E-state index in [1.807, 2.05) is 55.6 Å². The minimum Gasteiger partial charge on any atom is -0.361 e. The molecule has 0 radical (unpaired) electrons. The Morgan fingerprint density at radius 1 is 1.00 bits per heavy atom. The summed E-state index contributed by atoms with van der Waals surface area (Å²) in [6.07, 6.45) is 2.24. The Morgan fingerprint density at radius 2 is 1.81 bits per heavy atom. The van der Waals surface area contributed by atoms with E-state index in [0.29, 0.717) is 25.5 Å². The molecule has 2 heterocycles. The molecule has 0 bridgehead atoms. The first-order chi connectivity index (χ1) is 15.1. The number of nitrogens with zero attached hydrogens (tertiary/aromatic N) is 2. The van der Waals surface area contributed by atoms with Crippen molar-refractivity contribution >= 4 is 34.3 Å². The zero-order valence-electron chi connectivity index (χ0n) is 17.7. The molecule has 158 valence electrons. The molecule has 0 spiro atoms. The predicted octanol–water partition coefficient (Wildman–Crippen LogP) is 4.09. The van der Waals surface area contributed by atoms with Crippen molar-refractivity contribution in [2.75, 3.05) is 23.7 Å². The number of anilines is 3. The molecule has 0 aliphatic heterocycles. The third-order valence-electron chi connectivity index (χ3n) is 4.93. The second-order valence-corrected chi connectivity index (χ2v) is 7.52. The second-order valence-electron chi connectivity index (χ2n) is 7.52. The molecule has 0 unspecified atom stereocenters. The monoisotopic (exact) mass is 414 g/mol. The lowest BCUT2D eigenvalue weighted by Gasteiger charge is -2.11. The van der Waals surface area contributed by atoms with Crippen molar-refractivity contribution in [2.24, 2.45) is 0 Å². The summed E-state index contributed by atoms with van der Waals surface area (Å²) in [5, 5.41) is 10.5. The van der Waals surface area contributed by atoms with E-state index in [1.165, 1.54) is 5.56 Å². The van der Waals surface area contributed by atoms with Crippen LogP contribution in [-0.4, -0.2) is 33.9 Å². The molecule has 0 saturated carbocycles. The van der Waals surface area contributed by atoms with Crippen molar-refractivity contribution in [3.8, 4) is 0 Å². The molecule has 7 nitrogen and oxygen atoms in total. The van der Waals surface area contributed by atoms with Crippen LogP contribution in [0.2, 0.25) is 0 Å². The first kappa shape index (κ1) is 20.4. The first-order valence-electron chi connectivity index (χ1n) is 10.3. The van der Waals surface area contributed by atoms with E-state index >= 15 is 0 Å². The summed E-state index contributed by atoms with van der Waals surface area (Å²) in [4.78, 5) is 24.4. The Morgan fingerprint density at radius 3 is 2.65 bits per heavy atom. The number of rotatable bonds is 8. The molecule has 2 aromatic carbocycles. The normalized spacial score (nSPS) is 10.8. The molecular weight excluding hydrogens is 388 g/mol. The molecule has 0 aliphatic rings. The number of hydrogen-bond acceptors (Lipinski definition) is 5. The quantitative estimate of drug-likeness (QED) is 0.326. The van der Waals surface area contributed by atoms with Crippen molar-refractivity contribution < 1.29 is 4.79 Å². The van der Waals surface area contributed by atoms with Gasteiger partial charge in [0, 0.05) is 47.6 Å². The van der Waals surface area contributed by atoms with E-state index in [0.717, 1.165) is 33.7 Å². The van der Waals surface area contributed by atoms with E-state index in [2.05, 4.69) is 50.0 Å². The van der Waals surface area contributed by atoms with Crippen LogP contribution in [0.25, 0.3) is 10.9 Å². The molecule has 4 aromatic rings. The van der Waals surface area contributed by atoms with Gasteiger partial charge in [0.15, 0.2) is 0 Å². The molecule has 0 fully saturated rings. The first-order valence-corrected chi connectivity index (χ1v) is 10.3. The Balaban J connectivity index is 1.27. The van der Waals surface area contributed by atoms with Crippen LogP contribution in [0, 0.1) is 13.8 Å². The molecule has 0 saturated heterocycles. The van der Waals surface area contributed by atoms with Crippen LogP contribution in [0.5, 0.6) is 0 Å². The molecule has 4 N–H and O–H groups in total. The topological polar surface area (TPSA) is 94.7 Å². The van der Waals surface area contributed by atoms with Gasteiger partial charge < -0.3 is 20.9 Å². The Hall–Kier alpha value is -3.87. The number of hydrogen-bond donors (Lipinski definition) is 4. The van der Waals surface area contributed by atoms with Gasteiger partial charge in [-0.2, -0.15) is 4.98 Å². The SMILES string of the molecule is Cc1ccc(Nc2cc(C)nc(NCCNC(=O)Cc3c[nH]c4ccccc34)n2)cc1. The predicted molar refractivity (Wildman–Crippen MR) is 125 cm³/mol. The van der Waals surface area contributed by atoms with Crippen LogP contribution in [0.4, 0.5) is 17.5 Å². The summed E-state index contributed by atoms with van der Waals surface area (Å²) < 4.78 is 0. The molecular formula is C24H26N6O. The average molecular weight is 415 g/mol. The van der Waals surface area contributed by atoms with Crippen LogP contribution >= 0.6 is 0 Å². The largest absolute Gasteiger partial charge is 0.361 e. The average Bonchev–Trinajstić information content (AvgIpc) is 3.15. The van der Waals surface area contributed by atoms with Crippen molar-refractivity contribution in [1.29, 1.82) is 0 Å². The van der Waals surface area contributed by atoms with Gasteiger partial charge in [-0.05, 0) is 37.6 Å². The summed E-state index contributed by atoms with van der Waals surface area (Å²) in [6, 6.07) is 18.0. The third-order valence-corrected chi connectivity index (χ3v) is 4.93. The fourth-order valence-corrected chi connectivity index (χ4v) is 3.39. The van der Waals surface area contributed by atoms with Crippen molar-refractivity contribution in [3.05, 3.63) is 77.6 Å². The minimum atomic E-state index is -0.0153. The van der Waals surface area contributed by atoms with Gasteiger partial charge in [-0.3, -0.25) is 4.79 Å². The number of fused-ring (bicyclic) bond motifs is 1. The van der Waals surface area contributed by atoms with E-state index < -0.39 is 0 Å². The van der Waals surface area contributed by atoms with E-state index in [-0.39, 0.29) is 5.91 Å². The van der Waals surface area contributed by atoms with Crippen LogP contribution in [0.3, 0.4) is 0 Å². The van der Waals surface area contributed by atoms with Crippen molar-refractivity contribution in [2.45, 2.75) is 20.3 Å². The fourth-order valence-electron chi connectivity index (χ4n) is 3.39. The molecule has 0 atom stereocenters. The number of amides is 1. The maximum absolute atomic E-state index is 12.3. The number of para-hydroxylation sites is 1. The summed E-state index contributed by atoms with van der Waals surface area (Å²) in [7, 11) is 0. The number of carbonyl (C=O) groups is 1. The minimum absolute atomic E-state index is 0.0153. The standard InChI is InChI=1S/C24H26N6O/c1-16-7-9-19(10-8-16)29-22-13-17(2)28-24(30-22)26-12-11-25-23(31)14-18-15-27-21-6-4-3-5-20(18)21/h3-10,13,15,27H,11-12,14H2,1-2H3,(H,25,31)(H2,26,28,29,30). The lowest BCUT2D eigenvalue weighted by Crippen LogP contribution is -2.30. The number of aromatic amines is 1. The van der Waals surface area contributed by atoms with Crippen molar-refractivity contribution in [1.82, 2.24) is 20.3 Å². The Labute approximate surface area is 181 Å². The van der Waals surface area contributed by atoms with E-state index in [1.54, 1.807) is 0 Å². The highest BCUT2D eigenvalue weighted by Crippen LogP contribution is 2.18.